The second-order valence-electron chi connectivity index (χ2n) is 6.02. The molecule has 0 bridgehead atoms. The van der Waals surface area contributed by atoms with Crippen LogP contribution in [0.3, 0.4) is 0 Å². The Bertz CT molecular complexity index is 279. The van der Waals surface area contributed by atoms with Crippen molar-refractivity contribution in [3.8, 4) is 0 Å². The molecule has 0 aliphatic carbocycles. The molecule has 1 saturated heterocycles. The van der Waals surface area contributed by atoms with E-state index in [1.54, 1.807) is 0 Å². The van der Waals surface area contributed by atoms with E-state index < -0.39 is 37.3 Å². The first-order chi connectivity index (χ1) is 10.6. The molecule has 0 aromatic heterocycles. The Morgan fingerprint density at radius 1 is 0.957 bits per heavy atom. The number of rotatable bonds is 11. The molecule has 1 aliphatic heterocycles. The van der Waals surface area contributed by atoms with Crippen LogP contribution in [0, 0.1) is 0 Å². The monoisotopic (exact) mass is 342 g/mol. The number of aliphatic hydroxyl groups is 3. The molecule has 0 spiro atoms. The van der Waals surface area contributed by atoms with Gasteiger partial charge in [0.05, 0.1) is 12.7 Å². The van der Waals surface area contributed by atoms with Crippen molar-refractivity contribution in [2.75, 3.05) is 13.2 Å². The van der Waals surface area contributed by atoms with Crippen LogP contribution in [0.1, 0.15) is 58.3 Å². The molecule has 0 saturated carbocycles. The van der Waals surface area contributed by atoms with E-state index in [2.05, 4.69) is 6.92 Å². The first-order valence-corrected chi connectivity index (χ1v) is 8.51. The van der Waals surface area contributed by atoms with Gasteiger partial charge in [0.1, 0.15) is 18.5 Å². The summed E-state index contributed by atoms with van der Waals surface area (Å²) in [7, 11) is 0. The minimum absolute atomic E-state index is 0. The third kappa shape index (κ3) is 8.61. The van der Waals surface area contributed by atoms with Crippen molar-refractivity contribution < 1.29 is 59.5 Å². The van der Waals surface area contributed by atoms with Crippen molar-refractivity contribution in [1.29, 1.82) is 0 Å². The van der Waals surface area contributed by atoms with Crippen LogP contribution in [0.15, 0.2) is 0 Å². The fourth-order valence-electron chi connectivity index (χ4n) is 2.63. The number of unbranched alkanes of at least 4 members (excludes halogenated alkanes) is 7. The van der Waals surface area contributed by atoms with Gasteiger partial charge >= 0.3 is 29.6 Å². The average Bonchev–Trinajstić information content (AvgIpc) is 2.53. The Morgan fingerprint density at radius 3 is 2.09 bits per heavy atom. The number of ether oxygens (including phenoxy) is 2. The van der Waals surface area contributed by atoms with E-state index in [1.807, 2.05) is 0 Å². The molecule has 132 valence electrons. The van der Waals surface area contributed by atoms with Gasteiger partial charge in [0.2, 0.25) is 0 Å². The van der Waals surface area contributed by atoms with Crippen molar-refractivity contribution in [2.45, 2.75) is 89.0 Å². The van der Waals surface area contributed by atoms with E-state index in [0.717, 1.165) is 19.3 Å². The zero-order valence-electron chi connectivity index (χ0n) is 14.5. The molecule has 23 heavy (non-hydrogen) atoms. The van der Waals surface area contributed by atoms with Crippen molar-refractivity contribution in [1.82, 2.24) is 0 Å². The van der Waals surface area contributed by atoms with Crippen LogP contribution in [-0.2, 0) is 9.47 Å². The molecule has 0 radical (unpaired) electrons. The number of hydrogen-bond donors (Lipinski definition) is 3. The maximum Gasteiger partial charge on any atom is 1.00 e. The predicted molar refractivity (Wildman–Crippen MR) is 80.1 cm³/mol. The van der Waals surface area contributed by atoms with Gasteiger partial charge in [0, 0.05) is 6.61 Å². The molecule has 3 N–H and O–H groups in total. The van der Waals surface area contributed by atoms with Gasteiger partial charge in [-0.25, -0.2) is 0 Å². The van der Waals surface area contributed by atoms with Gasteiger partial charge in [0.25, 0.3) is 0 Å². The van der Waals surface area contributed by atoms with Crippen LogP contribution in [0.4, 0.5) is 0 Å². The normalized spacial score (nSPS) is 30.9. The molecule has 1 fully saturated rings. The molecule has 1 rings (SSSR count). The molecular formula is C16H31NaO6. The quantitative estimate of drug-likeness (QED) is 0.279. The summed E-state index contributed by atoms with van der Waals surface area (Å²) >= 11 is 0. The maximum absolute atomic E-state index is 11.8. The standard InChI is InChI=1S/C16H31O6.Na/c1-2-3-4-5-6-7-8-9-10-21-16-15(20)14(19)13(18)12(11-17)22-16;/h12-19H,2-11H2,1H3;/q-1;+1/t12-,13-,14+,15-,16?;/m1./s1. The van der Waals surface area contributed by atoms with Gasteiger partial charge < -0.3 is 29.9 Å². The summed E-state index contributed by atoms with van der Waals surface area (Å²) in [4.78, 5) is 0. The van der Waals surface area contributed by atoms with E-state index >= 15 is 0 Å². The summed E-state index contributed by atoms with van der Waals surface area (Å²) in [6.45, 7) is 2.13. The van der Waals surface area contributed by atoms with Crippen LogP contribution in [0.25, 0.3) is 0 Å². The molecule has 0 amide bonds. The summed E-state index contributed by atoms with van der Waals surface area (Å²) in [5, 5.41) is 40.1. The van der Waals surface area contributed by atoms with Gasteiger partial charge in [-0.15, -0.1) is 0 Å². The summed E-state index contributed by atoms with van der Waals surface area (Å²) in [6.07, 6.45) is 2.89. The first-order valence-electron chi connectivity index (χ1n) is 8.51. The third-order valence-electron chi connectivity index (χ3n) is 4.10. The largest absolute Gasteiger partial charge is 1.00 e. The van der Waals surface area contributed by atoms with E-state index in [-0.39, 0.29) is 29.6 Å². The van der Waals surface area contributed by atoms with Crippen LogP contribution in [0.2, 0.25) is 0 Å². The zero-order chi connectivity index (χ0) is 16.4. The average molecular weight is 342 g/mol. The van der Waals surface area contributed by atoms with Crippen LogP contribution < -0.4 is 34.7 Å². The van der Waals surface area contributed by atoms with Crippen molar-refractivity contribution in [2.24, 2.45) is 0 Å². The van der Waals surface area contributed by atoms with Crippen LogP contribution >= 0.6 is 0 Å². The molecule has 0 aromatic carbocycles. The van der Waals surface area contributed by atoms with Gasteiger partial charge in [0.15, 0.2) is 0 Å². The van der Waals surface area contributed by atoms with Gasteiger partial charge in [-0.3, -0.25) is 0 Å². The second-order valence-corrected chi connectivity index (χ2v) is 6.02. The summed E-state index contributed by atoms with van der Waals surface area (Å²) in [5.74, 6) is 0. The number of hydrogen-bond acceptors (Lipinski definition) is 6. The van der Waals surface area contributed by atoms with Crippen LogP contribution in [-0.4, -0.2) is 59.2 Å². The van der Waals surface area contributed by atoms with Gasteiger partial charge in [-0.2, -0.15) is 0 Å². The fourth-order valence-corrected chi connectivity index (χ4v) is 2.63. The van der Waals surface area contributed by atoms with Crippen LogP contribution in [0.5, 0.6) is 0 Å². The predicted octanol–water partition coefficient (Wildman–Crippen LogP) is -2.68. The van der Waals surface area contributed by atoms with Crippen molar-refractivity contribution in [3.63, 3.8) is 0 Å². The topological polar surface area (TPSA) is 102 Å². The van der Waals surface area contributed by atoms with E-state index in [0.29, 0.717) is 6.61 Å². The molecule has 1 heterocycles. The molecule has 1 aliphatic rings. The van der Waals surface area contributed by atoms with E-state index in [9.17, 15) is 15.3 Å². The summed E-state index contributed by atoms with van der Waals surface area (Å²) in [5.41, 5.74) is 0. The van der Waals surface area contributed by atoms with E-state index in [1.165, 1.54) is 32.1 Å². The minimum Gasteiger partial charge on any atom is -0.846 e. The molecule has 5 atom stereocenters. The maximum atomic E-state index is 11.8. The summed E-state index contributed by atoms with van der Waals surface area (Å²) in [6, 6.07) is 0. The fraction of sp³-hybridized carbons (Fsp3) is 1.00. The molecule has 6 nitrogen and oxygen atoms in total. The molecule has 1 unspecified atom stereocenters. The first kappa shape index (κ1) is 23.8. The molecular weight excluding hydrogens is 311 g/mol. The molecule has 0 aromatic rings. The SMILES string of the molecule is CCCCCCCCCCOC1O[C@H](CO)[C@@H](O)[C@H](O)[C@H]1[O-].[Na+]. The minimum atomic E-state index is -1.55. The second kappa shape index (κ2) is 14.0. The third-order valence-corrected chi connectivity index (χ3v) is 4.10. The number of aliphatic hydroxyl groups excluding tert-OH is 3. The Labute approximate surface area is 161 Å². The zero-order valence-corrected chi connectivity index (χ0v) is 16.5. The van der Waals surface area contributed by atoms with Crippen molar-refractivity contribution >= 4 is 0 Å². The summed E-state index contributed by atoms with van der Waals surface area (Å²) < 4.78 is 10.6. The van der Waals surface area contributed by atoms with Gasteiger partial charge in [-0.1, -0.05) is 51.9 Å². The Hall–Kier alpha value is 0.760. The smallest absolute Gasteiger partial charge is 0.846 e. The van der Waals surface area contributed by atoms with Gasteiger partial charge in [-0.05, 0) is 12.5 Å². The Kier molecular flexibility index (Phi) is 14.4. The Morgan fingerprint density at radius 2 is 1.52 bits per heavy atom. The van der Waals surface area contributed by atoms with Crippen molar-refractivity contribution in [3.05, 3.63) is 0 Å². The van der Waals surface area contributed by atoms with E-state index in [4.69, 9.17) is 14.6 Å². The Balaban J connectivity index is 0.00000484. The molecule has 7 heteroatoms.